The predicted molar refractivity (Wildman–Crippen MR) is 152 cm³/mol. The van der Waals surface area contributed by atoms with E-state index in [1.807, 2.05) is 0 Å². The highest BCUT2D eigenvalue weighted by Crippen LogP contribution is 2.36. The van der Waals surface area contributed by atoms with Gasteiger partial charge >= 0.3 is 6.01 Å². The van der Waals surface area contributed by atoms with Gasteiger partial charge in [0.1, 0.15) is 18.2 Å². The second-order valence-corrected chi connectivity index (χ2v) is 11.4. The van der Waals surface area contributed by atoms with Crippen molar-refractivity contribution >= 4 is 34.9 Å². The molecule has 2 aromatic rings. The van der Waals surface area contributed by atoms with Crippen molar-refractivity contribution in [1.29, 1.82) is 5.26 Å². The van der Waals surface area contributed by atoms with Gasteiger partial charge in [-0.2, -0.15) is 15.2 Å². The topological polar surface area (TPSA) is 109 Å². The van der Waals surface area contributed by atoms with Gasteiger partial charge < -0.3 is 24.5 Å². The Bertz CT molecular complexity index is 1330. The molecule has 1 aromatic heterocycles. The van der Waals surface area contributed by atoms with Crippen LogP contribution in [0.1, 0.15) is 36.1 Å². The molecule has 0 radical (unpaired) electrons. The Hall–Kier alpha value is -3.10. The molecule has 1 amide bonds. The van der Waals surface area contributed by atoms with Gasteiger partial charge in [0.05, 0.1) is 29.2 Å². The van der Waals surface area contributed by atoms with Gasteiger partial charge in [-0.15, -0.1) is 0 Å². The molecule has 10 nitrogen and oxygen atoms in total. The summed E-state index contributed by atoms with van der Waals surface area (Å²) in [5.41, 5.74) is 2.62. The minimum atomic E-state index is -0.278. The van der Waals surface area contributed by atoms with Crippen LogP contribution in [-0.4, -0.2) is 87.6 Å². The summed E-state index contributed by atoms with van der Waals surface area (Å²) >= 11 is 12.5. The minimum absolute atomic E-state index is 0.0127. The van der Waals surface area contributed by atoms with Crippen LogP contribution >= 0.6 is 23.2 Å². The molecule has 2 fully saturated rings. The van der Waals surface area contributed by atoms with E-state index in [4.69, 9.17) is 37.9 Å². The summed E-state index contributed by atoms with van der Waals surface area (Å²) in [6, 6.07) is 5.74. The molecule has 5 rings (SSSR count). The van der Waals surface area contributed by atoms with Crippen molar-refractivity contribution in [3.63, 3.8) is 0 Å². The van der Waals surface area contributed by atoms with Crippen molar-refractivity contribution in [1.82, 2.24) is 24.7 Å². The molecular weight excluding hydrogens is 553 g/mol. The fourth-order valence-corrected chi connectivity index (χ4v) is 6.20. The lowest BCUT2D eigenvalue weighted by Crippen LogP contribution is -2.55. The number of fused-ring (bicyclic) bond motifs is 1. The van der Waals surface area contributed by atoms with Crippen LogP contribution in [0.2, 0.25) is 10.0 Å². The second-order valence-electron chi connectivity index (χ2n) is 10.6. The number of ether oxygens (including phenoxy) is 1. The van der Waals surface area contributed by atoms with E-state index >= 15 is 0 Å². The average Bonchev–Trinajstić information content (AvgIpc) is 3.54. The number of amides is 1. The summed E-state index contributed by atoms with van der Waals surface area (Å²) in [7, 11) is 2.10. The lowest BCUT2D eigenvalue weighted by Gasteiger charge is -2.41. The monoisotopic (exact) mass is 585 g/mol. The van der Waals surface area contributed by atoms with Crippen LogP contribution in [0.5, 0.6) is 11.8 Å². The normalized spacial score (nSPS) is 21.4. The van der Waals surface area contributed by atoms with Crippen LogP contribution in [-0.2, 0) is 24.4 Å². The van der Waals surface area contributed by atoms with Gasteiger partial charge in [-0.05, 0) is 50.2 Å². The van der Waals surface area contributed by atoms with Gasteiger partial charge in [0.2, 0.25) is 5.91 Å². The Labute approximate surface area is 244 Å². The first kappa shape index (κ1) is 28.4. The number of likely N-dealkylation sites (tertiary alicyclic amines) is 1. The lowest BCUT2D eigenvalue weighted by molar-refractivity contribution is -0.128. The molecule has 4 heterocycles. The molecule has 1 N–H and O–H groups in total. The lowest BCUT2D eigenvalue weighted by atomic mass is 10.1. The van der Waals surface area contributed by atoms with Gasteiger partial charge in [-0.3, -0.25) is 9.69 Å². The average molecular weight is 587 g/mol. The molecule has 2 saturated heterocycles. The fraction of sp³-hybridized carbons (Fsp3) is 0.500. The van der Waals surface area contributed by atoms with E-state index < -0.39 is 0 Å². The molecule has 3 aliphatic rings. The number of carbonyl (C=O) groups excluding carboxylic acids is 1. The number of likely N-dealkylation sites (N-methyl/N-ethyl adjacent to an activating group) is 1. The Kier molecular flexibility index (Phi) is 8.66. The van der Waals surface area contributed by atoms with Crippen molar-refractivity contribution in [3.05, 3.63) is 51.7 Å². The number of aromatic nitrogens is 2. The molecule has 12 heteroatoms. The number of hydrogen-bond acceptors (Lipinski definition) is 9. The zero-order valence-electron chi connectivity index (χ0n) is 22.5. The Balaban J connectivity index is 1.42. The maximum atomic E-state index is 12.5. The van der Waals surface area contributed by atoms with Crippen LogP contribution < -0.4 is 9.64 Å². The molecule has 0 bridgehead atoms. The number of carbonyl (C=O) groups is 1. The SMILES string of the molecule is C=CC(=O)N1CCN(c2nc(OC[C@@H]3CCCN3C)nc3c2CN(Cc2cc(O)c(Cl)cc2Cl)C3)C[C@@H]1CC#N. The highest BCUT2D eigenvalue weighted by Gasteiger charge is 2.34. The maximum absolute atomic E-state index is 12.5. The van der Waals surface area contributed by atoms with Crippen LogP contribution in [0.3, 0.4) is 0 Å². The highest BCUT2D eigenvalue weighted by molar-refractivity contribution is 6.35. The number of hydrogen-bond donors (Lipinski definition) is 1. The number of phenolic OH excluding ortho intramolecular Hbond substituents is 1. The third-order valence-electron chi connectivity index (χ3n) is 7.96. The van der Waals surface area contributed by atoms with E-state index in [-0.39, 0.29) is 29.1 Å². The summed E-state index contributed by atoms with van der Waals surface area (Å²) in [5, 5.41) is 20.3. The Morgan fingerprint density at radius 2 is 2.05 bits per heavy atom. The first-order chi connectivity index (χ1) is 19.3. The summed E-state index contributed by atoms with van der Waals surface area (Å²) in [4.78, 5) is 30.4. The molecule has 0 unspecified atom stereocenters. The Morgan fingerprint density at radius 3 is 2.77 bits per heavy atom. The van der Waals surface area contributed by atoms with Gasteiger partial charge in [-0.25, -0.2) is 0 Å². The zero-order chi connectivity index (χ0) is 28.4. The largest absolute Gasteiger partial charge is 0.506 e. The maximum Gasteiger partial charge on any atom is 0.318 e. The van der Waals surface area contributed by atoms with Gasteiger partial charge in [0, 0.05) is 55.9 Å². The van der Waals surface area contributed by atoms with Crippen molar-refractivity contribution in [2.24, 2.45) is 0 Å². The van der Waals surface area contributed by atoms with Crippen molar-refractivity contribution < 1.29 is 14.6 Å². The van der Waals surface area contributed by atoms with Gasteiger partial charge in [-0.1, -0.05) is 29.8 Å². The fourth-order valence-electron chi connectivity index (χ4n) is 5.76. The summed E-state index contributed by atoms with van der Waals surface area (Å²) in [6.45, 7) is 8.29. The zero-order valence-corrected chi connectivity index (χ0v) is 24.0. The molecule has 0 aliphatic carbocycles. The molecule has 3 aliphatic heterocycles. The number of anilines is 1. The van der Waals surface area contributed by atoms with Gasteiger partial charge in [0.15, 0.2) is 0 Å². The number of phenols is 1. The van der Waals surface area contributed by atoms with Crippen molar-refractivity contribution in [3.8, 4) is 17.8 Å². The predicted octanol–water partition coefficient (Wildman–Crippen LogP) is 3.59. The summed E-state index contributed by atoms with van der Waals surface area (Å²) < 4.78 is 6.16. The number of halogens is 2. The third-order valence-corrected chi connectivity index (χ3v) is 8.61. The molecule has 2 atom stereocenters. The second kappa shape index (κ2) is 12.2. The van der Waals surface area contributed by atoms with E-state index in [2.05, 4.69) is 34.4 Å². The Morgan fingerprint density at radius 1 is 1.23 bits per heavy atom. The number of aromatic hydroxyl groups is 1. The molecule has 0 saturated carbocycles. The molecule has 40 heavy (non-hydrogen) atoms. The van der Waals surface area contributed by atoms with Crippen LogP contribution in [0.15, 0.2) is 24.8 Å². The minimum Gasteiger partial charge on any atom is -0.506 e. The number of piperazine rings is 1. The highest BCUT2D eigenvalue weighted by atomic mass is 35.5. The molecule has 212 valence electrons. The first-order valence-corrected chi connectivity index (χ1v) is 14.2. The molecular formula is C28H33Cl2N7O3. The molecule has 1 aromatic carbocycles. The number of rotatable bonds is 8. The van der Waals surface area contributed by atoms with Crippen LogP contribution in [0, 0.1) is 11.3 Å². The summed E-state index contributed by atoms with van der Waals surface area (Å²) in [5.74, 6) is 0.578. The van der Waals surface area contributed by atoms with Crippen LogP contribution in [0.25, 0.3) is 0 Å². The van der Waals surface area contributed by atoms with E-state index in [0.717, 1.165) is 42.0 Å². The van der Waals surface area contributed by atoms with E-state index in [1.54, 1.807) is 17.0 Å². The van der Waals surface area contributed by atoms with Crippen molar-refractivity contribution in [2.75, 3.05) is 44.7 Å². The quantitative estimate of drug-likeness (QED) is 0.465. The smallest absolute Gasteiger partial charge is 0.318 e. The van der Waals surface area contributed by atoms with Gasteiger partial charge in [0.25, 0.3) is 0 Å². The first-order valence-electron chi connectivity index (χ1n) is 13.4. The number of nitriles is 1. The molecule has 0 spiro atoms. The van der Waals surface area contributed by atoms with E-state index in [9.17, 15) is 15.2 Å². The number of benzene rings is 1. The number of nitrogens with zero attached hydrogens (tertiary/aromatic N) is 7. The third kappa shape index (κ3) is 5.98. The van der Waals surface area contributed by atoms with E-state index in [1.165, 1.54) is 6.08 Å². The van der Waals surface area contributed by atoms with Crippen LogP contribution in [0.4, 0.5) is 5.82 Å². The van der Waals surface area contributed by atoms with E-state index in [0.29, 0.717) is 63.0 Å². The summed E-state index contributed by atoms with van der Waals surface area (Å²) in [6.07, 6.45) is 3.73. The standard InChI is InChI=1S/C28H33Cl2N7O3/c1-3-26(39)37-10-9-36(14-19(37)6-7-31)27-21-15-35(13-18-11-25(38)23(30)12-22(18)29)16-24(21)32-28(33-27)40-17-20-5-4-8-34(20)2/h3,11-12,19-20,38H,1,4-6,8-10,13-17H2,2H3/t19-,20-/m0/s1. The van der Waals surface area contributed by atoms with Crippen molar-refractivity contribution in [2.45, 2.75) is 51.0 Å².